The summed E-state index contributed by atoms with van der Waals surface area (Å²) in [5.74, 6) is 1.69. The van der Waals surface area contributed by atoms with E-state index in [1.807, 2.05) is 41.8 Å². The number of aryl methyl sites for hydroxylation is 1. The molecule has 0 bridgehead atoms. The average Bonchev–Trinajstić information content (AvgIpc) is 2.82. The number of aromatic nitrogens is 2. The van der Waals surface area contributed by atoms with Crippen LogP contribution in [0.15, 0.2) is 42.5 Å². The number of ether oxygens (including phenoxy) is 1. The van der Waals surface area contributed by atoms with Gasteiger partial charge in [-0.1, -0.05) is 0 Å². The maximum Gasteiger partial charge on any atom is 0.150 e. The second-order valence-electron chi connectivity index (χ2n) is 4.56. The van der Waals surface area contributed by atoms with Gasteiger partial charge in [0.2, 0.25) is 0 Å². The van der Waals surface area contributed by atoms with Gasteiger partial charge in [-0.2, -0.15) is 0 Å². The Morgan fingerprint density at radius 3 is 2.55 bits per heavy atom. The van der Waals surface area contributed by atoms with Gasteiger partial charge in [0, 0.05) is 17.3 Å². The minimum absolute atomic E-state index is 0.661. The summed E-state index contributed by atoms with van der Waals surface area (Å²) in [6.45, 7) is 1.96. The Kier molecular flexibility index (Phi) is 2.99. The molecule has 0 fully saturated rings. The minimum atomic E-state index is 0.661. The second kappa shape index (κ2) is 4.81. The van der Waals surface area contributed by atoms with Gasteiger partial charge < -0.3 is 4.74 Å². The molecule has 1 heterocycles. The van der Waals surface area contributed by atoms with Gasteiger partial charge in [-0.15, -0.1) is 0 Å². The molecule has 20 heavy (non-hydrogen) atoms. The van der Waals surface area contributed by atoms with Crippen molar-refractivity contribution in [2.24, 2.45) is 0 Å². The predicted molar refractivity (Wildman–Crippen MR) is 77.7 cm³/mol. The van der Waals surface area contributed by atoms with Crippen LogP contribution in [0.3, 0.4) is 0 Å². The topological polar surface area (TPSA) is 44.1 Å². The first-order valence-electron chi connectivity index (χ1n) is 6.31. The van der Waals surface area contributed by atoms with Crippen LogP contribution in [0.5, 0.6) is 5.75 Å². The highest BCUT2D eigenvalue weighted by atomic mass is 16.5. The highest BCUT2D eigenvalue weighted by molar-refractivity contribution is 5.80. The highest BCUT2D eigenvalue weighted by Crippen LogP contribution is 2.25. The van der Waals surface area contributed by atoms with Crippen LogP contribution in [-0.2, 0) is 0 Å². The summed E-state index contributed by atoms with van der Waals surface area (Å²) in [5.41, 5.74) is 3.54. The molecule has 0 aliphatic rings. The summed E-state index contributed by atoms with van der Waals surface area (Å²) in [6, 6.07) is 13.2. The summed E-state index contributed by atoms with van der Waals surface area (Å²) in [4.78, 5) is 15.3. The zero-order valence-corrected chi connectivity index (χ0v) is 11.3. The standard InChI is InChI=1S/C16H14N2O2/c1-11-17-15-8-7-14(20-2)9-16(15)18(11)13-5-3-12(10-19)4-6-13/h3-10H,1-2H3. The van der Waals surface area contributed by atoms with Gasteiger partial charge >= 0.3 is 0 Å². The molecule has 2 aromatic carbocycles. The van der Waals surface area contributed by atoms with E-state index >= 15 is 0 Å². The lowest BCUT2D eigenvalue weighted by atomic mass is 10.2. The van der Waals surface area contributed by atoms with Crippen molar-refractivity contribution < 1.29 is 9.53 Å². The molecule has 100 valence electrons. The number of aldehydes is 1. The molecule has 0 aliphatic heterocycles. The third-order valence-electron chi connectivity index (χ3n) is 3.32. The van der Waals surface area contributed by atoms with Crippen LogP contribution in [0, 0.1) is 6.92 Å². The lowest BCUT2D eigenvalue weighted by molar-refractivity contribution is 0.112. The van der Waals surface area contributed by atoms with E-state index in [9.17, 15) is 4.79 Å². The quantitative estimate of drug-likeness (QED) is 0.684. The Labute approximate surface area is 116 Å². The first kappa shape index (κ1) is 12.4. The Hall–Kier alpha value is -2.62. The second-order valence-corrected chi connectivity index (χ2v) is 4.56. The van der Waals surface area contributed by atoms with Gasteiger partial charge in [0.05, 0.1) is 18.1 Å². The van der Waals surface area contributed by atoms with E-state index in [2.05, 4.69) is 4.98 Å². The number of rotatable bonds is 3. The predicted octanol–water partition coefficient (Wildman–Crippen LogP) is 3.16. The molecule has 0 radical (unpaired) electrons. The van der Waals surface area contributed by atoms with E-state index in [-0.39, 0.29) is 0 Å². The van der Waals surface area contributed by atoms with Crippen LogP contribution in [0.25, 0.3) is 16.7 Å². The molecule has 4 heteroatoms. The lowest BCUT2D eigenvalue weighted by Gasteiger charge is -2.08. The van der Waals surface area contributed by atoms with Crippen LogP contribution in [0.2, 0.25) is 0 Å². The molecule has 0 amide bonds. The molecule has 3 aromatic rings. The Morgan fingerprint density at radius 1 is 1.15 bits per heavy atom. The van der Waals surface area contributed by atoms with Crippen molar-refractivity contribution in [2.75, 3.05) is 7.11 Å². The minimum Gasteiger partial charge on any atom is -0.497 e. The van der Waals surface area contributed by atoms with E-state index in [1.54, 1.807) is 19.2 Å². The number of benzene rings is 2. The maximum absolute atomic E-state index is 10.7. The number of imidazole rings is 1. The SMILES string of the molecule is COc1ccc2nc(C)n(-c3ccc(C=O)cc3)c2c1. The Morgan fingerprint density at radius 2 is 1.90 bits per heavy atom. The molecular formula is C16H14N2O2. The van der Waals surface area contributed by atoms with E-state index < -0.39 is 0 Å². The Bertz CT molecular complexity index is 773. The smallest absolute Gasteiger partial charge is 0.150 e. The molecule has 3 rings (SSSR count). The van der Waals surface area contributed by atoms with Crippen molar-refractivity contribution in [1.82, 2.24) is 9.55 Å². The number of hydrogen-bond acceptors (Lipinski definition) is 3. The summed E-state index contributed by atoms with van der Waals surface area (Å²) in [6.07, 6.45) is 0.839. The zero-order chi connectivity index (χ0) is 14.1. The van der Waals surface area contributed by atoms with Crippen molar-refractivity contribution in [3.05, 3.63) is 53.9 Å². The fraction of sp³-hybridized carbons (Fsp3) is 0.125. The van der Waals surface area contributed by atoms with Crippen LogP contribution in [0.1, 0.15) is 16.2 Å². The monoisotopic (exact) mass is 266 g/mol. The van der Waals surface area contributed by atoms with E-state index in [4.69, 9.17) is 4.74 Å². The van der Waals surface area contributed by atoms with E-state index in [1.165, 1.54) is 0 Å². The van der Waals surface area contributed by atoms with Crippen molar-refractivity contribution in [1.29, 1.82) is 0 Å². The van der Waals surface area contributed by atoms with Gasteiger partial charge in [-0.25, -0.2) is 4.98 Å². The van der Waals surface area contributed by atoms with Gasteiger partial charge in [0.15, 0.2) is 0 Å². The molecule has 0 N–H and O–H groups in total. The van der Waals surface area contributed by atoms with E-state index in [0.717, 1.165) is 34.6 Å². The maximum atomic E-state index is 10.7. The fourth-order valence-electron chi connectivity index (χ4n) is 2.33. The van der Waals surface area contributed by atoms with Crippen LogP contribution in [-0.4, -0.2) is 22.9 Å². The van der Waals surface area contributed by atoms with Crippen molar-refractivity contribution in [3.63, 3.8) is 0 Å². The number of hydrogen-bond donors (Lipinski definition) is 0. The molecule has 1 aromatic heterocycles. The number of fused-ring (bicyclic) bond motifs is 1. The molecule has 4 nitrogen and oxygen atoms in total. The number of carbonyl (C=O) groups is 1. The summed E-state index contributed by atoms with van der Waals surface area (Å²) >= 11 is 0. The van der Waals surface area contributed by atoms with Gasteiger partial charge in [-0.05, 0) is 43.3 Å². The lowest BCUT2D eigenvalue weighted by Crippen LogP contribution is -1.97. The number of methoxy groups -OCH3 is 1. The highest BCUT2D eigenvalue weighted by Gasteiger charge is 2.10. The number of carbonyl (C=O) groups excluding carboxylic acids is 1. The Balaban J connectivity index is 2.22. The third kappa shape index (κ3) is 1.95. The van der Waals surface area contributed by atoms with Crippen molar-refractivity contribution in [2.45, 2.75) is 6.92 Å². The number of nitrogens with zero attached hydrogens (tertiary/aromatic N) is 2. The largest absolute Gasteiger partial charge is 0.497 e. The first-order valence-corrected chi connectivity index (χ1v) is 6.31. The molecule has 0 saturated carbocycles. The average molecular weight is 266 g/mol. The van der Waals surface area contributed by atoms with E-state index in [0.29, 0.717) is 5.56 Å². The van der Waals surface area contributed by atoms with Crippen molar-refractivity contribution >= 4 is 17.3 Å². The molecule has 0 aliphatic carbocycles. The van der Waals surface area contributed by atoms with Crippen LogP contribution < -0.4 is 4.74 Å². The van der Waals surface area contributed by atoms with Gasteiger partial charge in [-0.3, -0.25) is 9.36 Å². The van der Waals surface area contributed by atoms with Crippen LogP contribution >= 0.6 is 0 Å². The molecular weight excluding hydrogens is 252 g/mol. The van der Waals surface area contributed by atoms with Gasteiger partial charge in [0.25, 0.3) is 0 Å². The molecule has 0 atom stereocenters. The zero-order valence-electron chi connectivity index (χ0n) is 11.3. The summed E-state index contributed by atoms with van der Waals surface area (Å²) in [5, 5.41) is 0. The van der Waals surface area contributed by atoms with Crippen molar-refractivity contribution in [3.8, 4) is 11.4 Å². The van der Waals surface area contributed by atoms with Crippen LogP contribution in [0.4, 0.5) is 0 Å². The van der Waals surface area contributed by atoms with Gasteiger partial charge in [0.1, 0.15) is 17.9 Å². The molecule has 0 spiro atoms. The summed E-state index contributed by atoms with van der Waals surface area (Å²) in [7, 11) is 1.65. The normalized spacial score (nSPS) is 10.7. The molecule has 0 saturated heterocycles. The fourth-order valence-corrected chi connectivity index (χ4v) is 2.33. The first-order chi connectivity index (χ1) is 9.72. The molecule has 0 unspecified atom stereocenters. The summed E-state index contributed by atoms with van der Waals surface area (Å²) < 4.78 is 7.32. The third-order valence-corrected chi connectivity index (χ3v) is 3.32.